The van der Waals surface area contributed by atoms with Crippen LogP contribution in [0.4, 0.5) is 15.8 Å². The van der Waals surface area contributed by atoms with Crippen molar-refractivity contribution >= 4 is 17.3 Å². The molecule has 0 heterocycles. The third-order valence-electron chi connectivity index (χ3n) is 4.98. The van der Waals surface area contributed by atoms with Gasteiger partial charge in [-0.3, -0.25) is 4.79 Å². The molecular weight excluding hydrogens is 267 g/mol. The van der Waals surface area contributed by atoms with Gasteiger partial charge in [0.05, 0.1) is 5.69 Å². The van der Waals surface area contributed by atoms with Crippen LogP contribution in [0.2, 0.25) is 0 Å². The van der Waals surface area contributed by atoms with Crippen molar-refractivity contribution in [1.82, 2.24) is 0 Å². The van der Waals surface area contributed by atoms with Crippen molar-refractivity contribution in [2.24, 2.45) is 17.8 Å². The predicted octanol–water partition coefficient (Wildman–Crippen LogP) is 3.65. The van der Waals surface area contributed by atoms with Crippen LogP contribution in [0, 0.1) is 23.6 Å². The lowest BCUT2D eigenvalue weighted by atomic mass is 10.0. The second-order valence-corrected chi connectivity index (χ2v) is 6.78. The van der Waals surface area contributed by atoms with Crippen molar-refractivity contribution in [2.75, 3.05) is 17.3 Å². The van der Waals surface area contributed by atoms with E-state index >= 15 is 0 Å². The maximum atomic E-state index is 14.2. The number of hydrogen-bond donors (Lipinski definition) is 1. The molecule has 4 heteroatoms. The monoisotopic (exact) mass is 290 g/mol. The first kappa shape index (κ1) is 14.4. The van der Waals surface area contributed by atoms with E-state index in [9.17, 15) is 9.18 Å². The standard InChI is InChI=1S/C17H23FN2O/c1-10(2)20(3)16-5-4-14(9-15(16)18)19-17(21)13-7-11-6-12(11)8-13/h4-5,9-13H,6-8H2,1-3H3,(H,19,21). The number of amides is 1. The molecule has 1 N–H and O–H groups in total. The molecule has 0 radical (unpaired) electrons. The third kappa shape index (κ3) is 2.89. The topological polar surface area (TPSA) is 32.3 Å². The molecule has 2 atom stereocenters. The van der Waals surface area contributed by atoms with Gasteiger partial charge in [-0.25, -0.2) is 4.39 Å². The first-order valence-electron chi connectivity index (χ1n) is 7.79. The summed E-state index contributed by atoms with van der Waals surface area (Å²) >= 11 is 0. The van der Waals surface area contributed by atoms with E-state index in [0.717, 1.165) is 24.7 Å². The molecule has 0 bridgehead atoms. The Morgan fingerprint density at radius 3 is 2.52 bits per heavy atom. The van der Waals surface area contributed by atoms with Crippen LogP contribution in [0.3, 0.4) is 0 Å². The van der Waals surface area contributed by atoms with Crippen LogP contribution >= 0.6 is 0 Å². The molecule has 1 aromatic rings. The fourth-order valence-corrected chi connectivity index (χ4v) is 3.32. The lowest BCUT2D eigenvalue weighted by Crippen LogP contribution is -2.26. The van der Waals surface area contributed by atoms with E-state index in [2.05, 4.69) is 5.32 Å². The van der Waals surface area contributed by atoms with Gasteiger partial charge in [-0.1, -0.05) is 0 Å². The number of anilines is 2. The second kappa shape index (κ2) is 5.32. The van der Waals surface area contributed by atoms with Gasteiger partial charge in [0, 0.05) is 24.7 Å². The van der Waals surface area contributed by atoms with Gasteiger partial charge in [0.25, 0.3) is 0 Å². The molecule has 2 unspecified atom stereocenters. The molecule has 3 rings (SSSR count). The quantitative estimate of drug-likeness (QED) is 0.918. The summed E-state index contributed by atoms with van der Waals surface area (Å²) in [5.74, 6) is 1.43. The van der Waals surface area contributed by atoms with Crippen molar-refractivity contribution in [2.45, 2.75) is 39.2 Å². The van der Waals surface area contributed by atoms with E-state index in [4.69, 9.17) is 0 Å². The summed E-state index contributed by atoms with van der Waals surface area (Å²) in [5.41, 5.74) is 1.11. The summed E-state index contributed by atoms with van der Waals surface area (Å²) < 4.78 is 14.2. The van der Waals surface area contributed by atoms with Crippen LogP contribution in [0.1, 0.15) is 33.1 Å². The highest BCUT2D eigenvalue weighted by Crippen LogP contribution is 2.54. The van der Waals surface area contributed by atoms with Gasteiger partial charge >= 0.3 is 0 Å². The predicted molar refractivity (Wildman–Crippen MR) is 82.9 cm³/mol. The van der Waals surface area contributed by atoms with Crippen LogP contribution in [-0.4, -0.2) is 19.0 Å². The first-order chi connectivity index (χ1) is 9.95. The van der Waals surface area contributed by atoms with Gasteiger partial charge in [0.1, 0.15) is 5.82 Å². The zero-order chi connectivity index (χ0) is 15.1. The van der Waals surface area contributed by atoms with Crippen molar-refractivity contribution in [3.05, 3.63) is 24.0 Å². The number of rotatable bonds is 4. The number of nitrogens with zero attached hydrogens (tertiary/aromatic N) is 1. The molecule has 1 aromatic carbocycles. The molecule has 114 valence electrons. The minimum Gasteiger partial charge on any atom is -0.370 e. The fraction of sp³-hybridized carbons (Fsp3) is 0.588. The Morgan fingerprint density at radius 2 is 1.95 bits per heavy atom. The van der Waals surface area contributed by atoms with Crippen LogP contribution in [-0.2, 0) is 4.79 Å². The van der Waals surface area contributed by atoms with Gasteiger partial charge in [-0.05, 0) is 63.1 Å². The minimum atomic E-state index is -0.293. The number of carbonyl (C=O) groups is 1. The average Bonchev–Trinajstić information content (AvgIpc) is 3.04. The Balaban J connectivity index is 1.66. The normalized spacial score (nSPS) is 26.6. The smallest absolute Gasteiger partial charge is 0.227 e. The van der Waals surface area contributed by atoms with Gasteiger partial charge < -0.3 is 10.2 Å². The Morgan fingerprint density at radius 1 is 1.29 bits per heavy atom. The summed E-state index contributed by atoms with van der Waals surface area (Å²) in [6.45, 7) is 4.03. The van der Waals surface area contributed by atoms with Crippen molar-refractivity contribution < 1.29 is 9.18 Å². The highest BCUT2D eigenvalue weighted by Gasteiger charge is 2.47. The van der Waals surface area contributed by atoms with E-state index in [1.165, 1.54) is 12.5 Å². The second-order valence-electron chi connectivity index (χ2n) is 6.78. The van der Waals surface area contributed by atoms with Crippen molar-refractivity contribution in [3.8, 4) is 0 Å². The Kier molecular flexibility index (Phi) is 3.64. The number of hydrogen-bond acceptors (Lipinski definition) is 2. The summed E-state index contributed by atoms with van der Waals surface area (Å²) in [7, 11) is 1.87. The van der Waals surface area contributed by atoms with Crippen molar-refractivity contribution in [1.29, 1.82) is 0 Å². The molecule has 1 amide bonds. The van der Waals surface area contributed by atoms with Gasteiger partial charge in [0.2, 0.25) is 5.91 Å². The third-order valence-corrected chi connectivity index (χ3v) is 4.98. The zero-order valence-electron chi connectivity index (χ0n) is 12.9. The van der Waals surface area contributed by atoms with E-state index in [0.29, 0.717) is 11.4 Å². The summed E-state index contributed by atoms with van der Waals surface area (Å²) in [4.78, 5) is 14.1. The fourth-order valence-electron chi connectivity index (χ4n) is 3.32. The SMILES string of the molecule is CC(C)N(C)c1ccc(NC(=O)C2CC3CC3C2)cc1F. The molecule has 0 aromatic heterocycles. The molecular formula is C17H23FN2O. The number of benzene rings is 1. The molecule has 0 saturated heterocycles. The lowest BCUT2D eigenvalue weighted by molar-refractivity contribution is -0.120. The molecule has 3 nitrogen and oxygen atoms in total. The summed E-state index contributed by atoms with van der Waals surface area (Å²) in [5, 5.41) is 2.86. The lowest BCUT2D eigenvalue weighted by Gasteiger charge is -2.24. The van der Waals surface area contributed by atoms with Gasteiger partial charge in [-0.15, -0.1) is 0 Å². The summed E-state index contributed by atoms with van der Waals surface area (Å²) in [6.07, 6.45) is 3.31. The molecule has 2 fully saturated rings. The van der Waals surface area contributed by atoms with Gasteiger partial charge in [-0.2, -0.15) is 0 Å². The molecule has 2 aliphatic carbocycles. The number of carbonyl (C=O) groups excluding carboxylic acids is 1. The van der Waals surface area contributed by atoms with E-state index in [1.807, 2.05) is 25.8 Å². The largest absolute Gasteiger partial charge is 0.370 e. The Labute approximate surface area is 125 Å². The molecule has 0 aliphatic heterocycles. The van der Waals surface area contributed by atoms with Crippen LogP contribution in [0.15, 0.2) is 18.2 Å². The molecule has 0 spiro atoms. The highest BCUT2D eigenvalue weighted by atomic mass is 19.1. The molecule has 21 heavy (non-hydrogen) atoms. The maximum absolute atomic E-state index is 14.2. The maximum Gasteiger partial charge on any atom is 0.227 e. The van der Waals surface area contributed by atoms with Crippen molar-refractivity contribution in [3.63, 3.8) is 0 Å². The average molecular weight is 290 g/mol. The van der Waals surface area contributed by atoms with Crippen LogP contribution < -0.4 is 10.2 Å². The number of fused-ring (bicyclic) bond motifs is 1. The molecule has 2 aliphatic rings. The zero-order valence-corrected chi connectivity index (χ0v) is 12.9. The first-order valence-corrected chi connectivity index (χ1v) is 7.79. The number of nitrogens with one attached hydrogen (secondary N) is 1. The van der Waals surface area contributed by atoms with E-state index in [-0.39, 0.29) is 23.7 Å². The van der Waals surface area contributed by atoms with Crippen LogP contribution in [0.25, 0.3) is 0 Å². The molecule has 2 saturated carbocycles. The summed E-state index contributed by atoms with van der Waals surface area (Å²) in [6, 6.07) is 5.16. The Hall–Kier alpha value is -1.58. The van der Waals surface area contributed by atoms with E-state index < -0.39 is 0 Å². The Bertz CT molecular complexity index is 548. The minimum absolute atomic E-state index is 0.0477. The van der Waals surface area contributed by atoms with Gasteiger partial charge in [0.15, 0.2) is 0 Å². The van der Waals surface area contributed by atoms with Crippen LogP contribution in [0.5, 0.6) is 0 Å². The highest BCUT2D eigenvalue weighted by molar-refractivity contribution is 5.93. The van der Waals surface area contributed by atoms with E-state index in [1.54, 1.807) is 12.1 Å². The number of halogens is 1.